The normalized spacial score (nSPS) is 17.1. The second-order valence-electron chi connectivity index (χ2n) is 5.48. The number of ether oxygens (including phenoxy) is 1. The van der Waals surface area contributed by atoms with Crippen molar-refractivity contribution in [2.75, 3.05) is 26.5 Å². The van der Waals surface area contributed by atoms with Crippen LogP contribution in [0.15, 0.2) is 24.3 Å². The van der Waals surface area contributed by atoms with Crippen LogP contribution in [0.1, 0.15) is 41.5 Å². The molecule has 0 spiro atoms. The summed E-state index contributed by atoms with van der Waals surface area (Å²) < 4.78 is 28.8. The minimum absolute atomic E-state index is 0.180. The zero-order chi connectivity index (χ0) is 18.0. The van der Waals surface area contributed by atoms with E-state index in [4.69, 9.17) is 13.8 Å². The van der Waals surface area contributed by atoms with Crippen LogP contribution in [0.25, 0.3) is 0 Å². The molecule has 24 heavy (non-hydrogen) atoms. The predicted molar refractivity (Wildman–Crippen MR) is 88.1 cm³/mol. The highest BCUT2D eigenvalue weighted by atomic mass is 31.2. The lowest BCUT2D eigenvalue weighted by atomic mass is 10.1. The summed E-state index contributed by atoms with van der Waals surface area (Å²) in [5.74, 6) is -0.973. The largest absolute Gasteiger partial charge is 0.358 e. The maximum Gasteiger partial charge on any atom is 0.335 e. The number of fused-ring (bicyclic) bond motifs is 1. The molecule has 0 N–H and O–H groups in total. The molecule has 2 rings (SSSR count). The van der Waals surface area contributed by atoms with Crippen molar-refractivity contribution in [3.8, 4) is 0 Å². The van der Waals surface area contributed by atoms with E-state index in [1.165, 1.54) is 14.0 Å². The molecule has 2 amide bonds. The predicted octanol–water partition coefficient (Wildman–Crippen LogP) is 2.91. The molecule has 1 aliphatic rings. The summed E-state index contributed by atoms with van der Waals surface area (Å²) in [5, 5.41) is 0. The van der Waals surface area contributed by atoms with Gasteiger partial charge in [0.05, 0.1) is 30.5 Å². The first kappa shape index (κ1) is 18.8. The molecule has 0 bridgehead atoms. The molecule has 1 atom stereocenters. The topological polar surface area (TPSA) is 82.1 Å². The summed E-state index contributed by atoms with van der Waals surface area (Å²) in [6.45, 7) is 5.27. The average molecular weight is 355 g/mol. The Balaban J connectivity index is 2.38. The molecule has 0 aromatic heterocycles. The summed E-state index contributed by atoms with van der Waals surface area (Å²) in [7, 11) is -2.18. The Kier molecular flexibility index (Phi) is 5.60. The van der Waals surface area contributed by atoms with Crippen molar-refractivity contribution in [3.63, 3.8) is 0 Å². The Labute approximate surface area is 141 Å². The maximum atomic E-state index is 12.9. The van der Waals surface area contributed by atoms with Crippen molar-refractivity contribution in [2.24, 2.45) is 0 Å². The lowest BCUT2D eigenvalue weighted by molar-refractivity contribution is -0.0717. The van der Waals surface area contributed by atoms with E-state index < -0.39 is 25.1 Å². The van der Waals surface area contributed by atoms with Gasteiger partial charge >= 0.3 is 7.60 Å². The Morgan fingerprint density at radius 3 is 1.88 bits per heavy atom. The summed E-state index contributed by atoms with van der Waals surface area (Å²) in [4.78, 5) is 26.3. The maximum absolute atomic E-state index is 12.9. The van der Waals surface area contributed by atoms with Gasteiger partial charge in [-0.3, -0.25) is 14.2 Å². The highest BCUT2D eigenvalue weighted by molar-refractivity contribution is 7.53. The lowest BCUT2D eigenvalue weighted by Gasteiger charge is -2.37. The smallest absolute Gasteiger partial charge is 0.335 e. The van der Waals surface area contributed by atoms with E-state index in [1.807, 2.05) is 0 Å². The molecule has 0 saturated heterocycles. The third-order valence-corrected chi connectivity index (χ3v) is 6.12. The molecule has 1 heterocycles. The van der Waals surface area contributed by atoms with E-state index in [9.17, 15) is 14.2 Å². The Morgan fingerprint density at radius 2 is 1.50 bits per heavy atom. The van der Waals surface area contributed by atoms with Gasteiger partial charge in [-0.25, -0.2) is 4.90 Å². The number of rotatable bonds is 8. The van der Waals surface area contributed by atoms with Crippen molar-refractivity contribution in [1.82, 2.24) is 4.90 Å². The second kappa shape index (κ2) is 7.15. The third kappa shape index (κ3) is 3.30. The Bertz CT molecular complexity index is 646. The number of hydrogen-bond acceptors (Lipinski definition) is 6. The van der Waals surface area contributed by atoms with Gasteiger partial charge in [-0.1, -0.05) is 12.1 Å². The Morgan fingerprint density at radius 1 is 1.04 bits per heavy atom. The van der Waals surface area contributed by atoms with E-state index in [0.717, 1.165) is 4.90 Å². The SMILES string of the molecule is CCOP(=O)(CC(C)(OC)N1C(=O)c2ccccc2C1=O)OCC. The molecule has 0 saturated carbocycles. The molecule has 7 nitrogen and oxygen atoms in total. The van der Waals surface area contributed by atoms with E-state index in [0.29, 0.717) is 11.1 Å². The minimum atomic E-state index is -3.53. The van der Waals surface area contributed by atoms with Crippen LogP contribution in [0.4, 0.5) is 0 Å². The fourth-order valence-electron chi connectivity index (χ4n) is 2.73. The molecule has 1 aromatic rings. The number of amides is 2. The molecule has 8 heteroatoms. The molecule has 132 valence electrons. The van der Waals surface area contributed by atoms with Crippen LogP contribution in [0.5, 0.6) is 0 Å². The first-order chi connectivity index (χ1) is 11.3. The fourth-order valence-corrected chi connectivity index (χ4v) is 4.76. The molecular weight excluding hydrogens is 333 g/mol. The van der Waals surface area contributed by atoms with E-state index in [2.05, 4.69) is 0 Å². The van der Waals surface area contributed by atoms with Gasteiger partial charge in [0.2, 0.25) is 0 Å². The van der Waals surface area contributed by atoms with Crippen LogP contribution in [0, 0.1) is 0 Å². The highest BCUT2D eigenvalue weighted by Crippen LogP contribution is 2.52. The monoisotopic (exact) mass is 355 g/mol. The van der Waals surface area contributed by atoms with Gasteiger partial charge in [-0.2, -0.15) is 0 Å². The minimum Gasteiger partial charge on any atom is -0.358 e. The van der Waals surface area contributed by atoms with Gasteiger partial charge in [-0.15, -0.1) is 0 Å². The quantitative estimate of drug-likeness (QED) is 0.527. The van der Waals surface area contributed by atoms with Crippen molar-refractivity contribution >= 4 is 19.4 Å². The zero-order valence-corrected chi connectivity index (χ0v) is 15.2. The van der Waals surface area contributed by atoms with Crippen LogP contribution in [0.2, 0.25) is 0 Å². The van der Waals surface area contributed by atoms with Gasteiger partial charge in [0.1, 0.15) is 0 Å². The van der Waals surface area contributed by atoms with Gasteiger partial charge < -0.3 is 13.8 Å². The van der Waals surface area contributed by atoms with Crippen LogP contribution in [0.3, 0.4) is 0 Å². The summed E-state index contributed by atoms with van der Waals surface area (Å²) in [5.41, 5.74) is -0.852. The lowest BCUT2D eigenvalue weighted by Crippen LogP contribution is -2.53. The first-order valence-corrected chi connectivity index (χ1v) is 9.46. The number of imide groups is 1. The summed E-state index contributed by atoms with van der Waals surface area (Å²) in [6.07, 6.45) is -0.246. The number of hydrogen-bond donors (Lipinski definition) is 0. The molecule has 1 aliphatic heterocycles. The van der Waals surface area contributed by atoms with Crippen LogP contribution in [-0.4, -0.2) is 48.9 Å². The molecule has 0 radical (unpaired) electrons. The van der Waals surface area contributed by atoms with Crippen LogP contribution < -0.4 is 0 Å². The van der Waals surface area contributed by atoms with E-state index in [1.54, 1.807) is 38.1 Å². The number of benzene rings is 1. The Hall–Kier alpha value is -1.53. The van der Waals surface area contributed by atoms with Gasteiger partial charge in [0.15, 0.2) is 5.72 Å². The van der Waals surface area contributed by atoms with Crippen molar-refractivity contribution in [3.05, 3.63) is 35.4 Å². The van der Waals surface area contributed by atoms with Crippen molar-refractivity contribution in [1.29, 1.82) is 0 Å². The van der Waals surface area contributed by atoms with Crippen LogP contribution >= 0.6 is 7.60 Å². The summed E-state index contributed by atoms with van der Waals surface area (Å²) >= 11 is 0. The molecule has 0 aliphatic carbocycles. The van der Waals surface area contributed by atoms with Crippen molar-refractivity contribution in [2.45, 2.75) is 26.5 Å². The molecule has 0 fully saturated rings. The third-order valence-electron chi connectivity index (χ3n) is 3.85. The molecular formula is C16H22NO6P. The number of carbonyl (C=O) groups excluding carboxylic acids is 2. The highest BCUT2D eigenvalue weighted by Gasteiger charge is 2.50. The average Bonchev–Trinajstić information content (AvgIpc) is 2.80. The van der Waals surface area contributed by atoms with Gasteiger partial charge in [-0.05, 0) is 32.9 Å². The second-order valence-corrected chi connectivity index (χ2v) is 7.53. The fraction of sp³-hybridized carbons (Fsp3) is 0.500. The van der Waals surface area contributed by atoms with Crippen LogP contribution in [-0.2, 0) is 18.3 Å². The van der Waals surface area contributed by atoms with E-state index >= 15 is 0 Å². The number of methoxy groups -OCH3 is 1. The van der Waals surface area contributed by atoms with Gasteiger partial charge in [0.25, 0.3) is 11.8 Å². The number of carbonyl (C=O) groups is 2. The zero-order valence-electron chi connectivity index (χ0n) is 14.3. The standard InChI is InChI=1S/C16H22NO6P/c1-5-22-24(20,23-6-2)11-16(3,21-4)17-14(18)12-9-7-8-10-13(12)15(17)19/h7-10H,5-6,11H2,1-4H3. The molecule has 1 unspecified atom stereocenters. The summed E-state index contributed by atoms with van der Waals surface area (Å²) in [6, 6.07) is 6.53. The molecule has 1 aromatic carbocycles. The first-order valence-electron chi connectivity index (χ1n) is 7.73. The van der Waals surface area contributed by atoms with E-state index in [-0.39, 0.29) is 19.4 Å². The number of nitrogens with zero attached hydrogens (tertiary/aromatic N) is 1. The van der Waals surface area contributed by atoms with Crippen molar-refractivity contribution < 1.29 is 27.9 Å². The van der Waals surface area contributed by atoms with Gasteiger partial charge in [0, 0.05) is 7.11 Å².